The van der Waals surface area contributed by atoms with Crippen molar-refractivity contribution in [2.45, 2.75) is 0 Å². The molecule has 35 heavy (non-hydrogen) atoms. The molecule has 1 aliphatic rings. The van der Waals surface area contributed by atoms with E-state index in [0.29, 0.717) is 10.6 Å². The predicted octanol–water partition coefficient (Wildman–Crippen LogP) is 4.16. The summed E-state index contributed by atoms with van der Waals surface area (Å²) in [6.45, 7) is -0.454. The van der Waals surface area contributed by atoms with Gasteiger partial charge in [-0.3, -0.25) is 19.7 Å². The molecule has 2 N–H and O–H groups in total. The summed E-state index contributed by atoms with van der Waals surface area (Å²) in [7, 11) is 0. The Morgan fingerprint density at radius 1 is 1.00 bits per heavy atom. The number of imide groups is 2. The molecule has 5 amide bonds. The minimum atomic E-state index is -0.895. The van der Waals surface area contributed by atoms with E-state index in [2.05, 4.69) is 10.6 Å². The summed E-state index contributed by atoms with van der Waals surface area (Å²) in [6.07, 6.45) is 1.26. The quantitative estimate of drug-likeness (QED) is 0.396. The molecular weight excluding hydrogens is 477 g/mol. The van der Waals surface area contributed by atoms with Crippen molar-refractivity contribution in [2.24, 2.45) is 0 Å². The SMILES string of the molecule is O=C(COc1ccccc1C=C1C(=O)NC(=O)N(c2ccc(Cl)cc2)C1=O)Nc1ccccc1F. The molecule has 3 aromatic rings. The lowest BCUT2D eigenvalue weighted by Gasteiger charge is -2.26. The highest BCUT2D eigenvalue weighted by atomic mass is 35.5. The smallest absolute Gasteiger partial charge is 0.335 e. The molecule has 1 aliphatic heterocycles. The van der Waals surface area contributed by atoms with E-state index in [9.17, 15) is 23.6 Å². The van der Waals surface area contributed by atoms with Gasteiger partial charge in [0.1, 0.15) is 17.1 Å². The van der Waals surface area contributed by atoms with Gasteiger partial charge in [0, 0.05) is 10.6 Å². The first kappa shape index (κ1) is 23.7. The van der Waals surface area contributed by atoms with E-state index in [1.54, 1.807) is 24.3 Å². The van der Waals surface area contributed by atoms with Crippen LogP contribution in [-0.4, -0.2) is 30.4 Å². The van der Waals surface area contributed by atoms with Crippen molar-refractivity contribution < 1.29 is 28.3 Å². The molecule has 0 aliphatic carbocycles. The fourth-order valence-electron chi connectivity index (χ4n) is 3.26. The number of barbiturate groups is 1. The van der Waals surface area contributed by atoms with Crippen LogP contribution in [0.3, 0.4) is 0 Å². The van der Waals surface area contributed by atoms with Crippen LogP contribution in [0.2, 0.25) is 5.02 Å². The van der Waals surface area contributed by atoms with E-state index in [4.69, 9.17) is 16.3 Å². The summed E-state index contributed by atoms with van der Waals surface area (Å²) in [5.74, 6) is -2.72. The van der Waals surface area contributed by atoms with Crippen molar-refractivity contribution in [3.05, 3.63) is 94.8 Å². The van der Waals surface area contributed by atoms with E-state index in [1.807, 2.05) is 0 Å². The molecule has 0 atom stereocenters. The van der Waals surface area contributed by atoms with Gasteiger partial charge in [-0.25, -0.2) is 14.1 Å². The molecule has 0 unspecified atom stereocenters. The Kier molecular flexibility index (Phi) is 6.88. The average Bonchev–Trinajstić information content (AvgIpc) is 2.83. The molecule has 8 nitrogen and oxygen atoms in total. The number of hydrogen-bond acceptors (Lipinski definition) is 5. The zero-order chi connectivity index (χ0) is 24.9. The zero-order valence-corrected chi connectivity index (χ0v) is 18.7. The number of hydrogen-bond donors (Lipinski definition) is 2. The minimum Gasteiger partial charge on any atom is -0.483 e. The van der Waals surface area contributed by atoms with Crippen LogP contribution in [-0.2, 0) is 14.4 Å². The van der Waals surface area contributed by atoms with Gasteiger partial charge in [-0.05, 0) is 48.5 Å². The fraction of sp³-hybridized carbons (Fsp3) is 0.0400. The van der Waals surface area contributed by atoms with Gasteiger partial charge in [0.15, 0.2) is 6.61 Å². The number of rotatable bonds is 6. The van der Waals surface area contributed by atoms with E-state index in [1.165, 1.54) is 54.6 Å². The molecule has 176 valence electrons. The van der Waals surface area contributed by atoms with E-state index in [-0.39, 0.29) is 22.7 Å². The van der Waals surface area contributed by atoms with Gasteiger partial charge in [0.05, 0.1) is 11.4 Å². The molecular formula is C25H17ClFN3O5. The van der Waals surface area contributed by atoms with Crippen molar-refractivity contribution in [2.75, 3.05) is 16.8 Å². The van der Waals surface area contributed by atoms with Crippen molar-refractivity contribution in [1.82, 2.24) is 5.32 Å². The number of ether oxygens (including phenoxy) is 1. The van der Waals surface area contributed by atoms with Gasteiger partial charge in [-0.1, -0.05) is 41.9 Å². The van der Waals surface area contributed by atoms with Crippen LogP contribution in [0.15, 0.2) is 78.4 Å². The van der Waals surface area contributed by atoms with Gasteiger partial charge in [0.2, 0.25) is 0 Å². The summed E-state index contributed by atoms with van der Waals surface area (Å²) in [6, 6.07) is 17.1. The number of carbonyl (C=O) groups excluding carboxylic acids is 4. The van der Waals surface area contributed by atoms with E-state index in [0.717, 1.165) is 4.90 Å². The maximum atomic E-state index is 13.7. The van der Waals surface area contributed by atoms with Gasteiger partial charge >= 0.3 is 6.03 Å². The van der Waals surface area contributed by atoms with Gasteiger partial charge in [0.25, 0.3) is 17.7 Å². The molecule has 3 aromatic carbocycles. The molecule has 10 heteroatoms. The predicted molar refractivity (Wildman–Crippen MR) is 127 cm³/mol. The Labute approximate surface area is 203 Å². The highest BCUT2D eigenvalue weighted by Gasteiger charge is 2.37. The number of urea groups is 1. The van der Waals surface area contributed by atoms with Crippen LogP contribution in [0.25, 0.3) is 6.08 Å². The summed E-state index contributed by atoms with van der Waals surface area (Å²) < 4.78 is 19.3. The third kappa shape index (κ3) is 5.36. The van der Waals surface area contributed by atoms with Crippen LogP contribution >= 0.6 is 11.6 Å². The highest BCUT2D eigenvalue weighted by molar-refractivity contribution is 6.39. The van der Waals surface area contributed by atoms with Crippen LogP contribution < -0.4 is 20.3 Å². The van der Waals surface area contributed by atoms with Crippen LogP contribution in [0.5, 0.6) is 5.75 Å². The van der Waals surface area contributed by atoms with Crippen LogP contribution in [0.4, 0.5) is 20.6 Å². The molecule has 0 radical (unpaired) electrons. The first-order valence-corrected chi connectivity index (χ1v) is 10.6. The first-order valence-electron chi connectivity index (χ1n) is 10.3. The Hall–Kier alpha value is -4.50. The molecule has 0 spiro atoms. The van der Waals surface area contributed by atoms with Crippen molar-refractivity contribution in [1.29, 1.82) is 0 Å². The van der Waals surface area contributed by atoms with Crippen molar-refractivity contribution in [3.63, 3.8) is 0 Å². The minimum absolute atomic E-state index is 0.00735. The van der Waals surface area contributed by atoms with Crippen LogP contribution in [0.1, 0.15) is 5.56 Å². The lowest BCUT2D eigenvalue weighted by Crippen LogP contribution is -2.54. The monoisotopic (exact) mass is 493 g/mol. The summed E-state index contributed by atoms with van der Waals surface area (Å²) in [5.41, 5.74) is 0.235. The molecule has 0 saturated carbocycles. The Morgan fingerprint density at radius 3 is 2.43 bits per heavy atom. The summed E-state index contributed by atoms with van der Waals surface area (Å²) >= 11 is 5.87. The number of carbonyl (C=O) groups is 4. The Morgan fingerprint density at radius 2 is 1.69 bits per heavy atom. The maximum absolute atomic E-state index is 13.7. The highest BCUT2D eigenvalue weighted by Crippen LogP contribution is 2.26. The molecule has 1 heterocycles. The second kappa shape index (κ2) is 10.2. The number of nitrogens with one attached hydrogen (secondary N) is 2. The van der Waals surface area contributed by atoms with Gasteiger partial charge in [-0.15, -0.1) is 0 Å². The Balaban J connectivity index is 1.55. The third-order valence-electron chi connectivity index (χ3n) is 4.91. The number of amides is 5. The van der Waals surface area contributed by atoms with Gasteiger partial charge in [-0.2, -0.15) is 0 Å². The number of para-hydroxylation sites is 2. The molecule has 0 bridgehead atoms. The topological polar surface area (TPSA) is 105 Å². The Bertz CT molecular complexity index is 1360. The lowest BCUT2D eigenvalue weighted by atomic mass is 10.1. The number of nitrogens with zero attached hydrogens (tertiary/aromatic N) is 1. The van der Waals surface area contributed by atoms with Gasteiger partial charge < -0.3 is 10.1 Å². The molecule has 1 saturated heterocycles. The molecule has 0 aromatic heterocycles. The standard InChI is InChI=1S/C25H17ClFN3O5/c26-16-9-11-17(12-10-16)30-24(33)18(23(32)29-25(30)34)13-15-5-1-4-8-21(15)35-14-22(31)28-20-7-3-2-6-19(20)27/h1-13H,14H2,(H,28,31)(H,29,32,34). The fourth-order valence-corrected chi connectivity index (χ4v) is 3.39. The van der Waals surface area contributed by atoms with E-state index >= 15 is 0 Å². The number of benzene rings is 3. The second-order valence-electron chi connectivity index (χ2n) is 7.29. The summed E-state index contributed by atoms with van der Waals surface area (Å²) in [5, 5.41) is 4.95. The average molecular weight is 494 g/mol. The van der Waals surface area contributed by atoms with E-state index < -0.39 is 36.2 Å². The zero-order valence-electron chi connectivity index (χ0n) is 18.0. The van der Waals surface area contributed by atoms with Crippen molar-refractivity contribution >= 4 is 52.8 Å². The largest absolute Gasteiger partial charge is 0.483 e. The number of halogens is 2. The molecule has 4 rings (SSSR count). The maximum Gasteiger partial charge on any atom is 0.335 e. The van der Waals surface area contributed by atoms with Crippen LogP contribution in [0, 0.1) is 5.82 Å². The first-order chi connectivity index (χ1) is 16.8. The lowest BCUT2D eigenvalue weighted by molar-refractivity contribution is -0.122. The normalized spacial score (nSPS) is 14.6. The summed E-state index contributed by atoms with van der Waals surface area (Å²) in [4.78, 5) is 50.9. The molecule has 1 fully saturated rings. The van der Waals surface area contributed by atoms with Crippen molar-refractivity contribution in [3.8, 4) is 5.75 Å². The third-order valence-corrected chi connectivity index (χ3v) is 5.16. The number of anilines is 2. The second-order valence-corrected chi connectivity index (χ2v) is 7.73.